The van der Waals surface area contributed by atoms with Crippen LogP contribution in [0.4, 0.5) is 0 Å². The number of carbonyl (C=O) groups excluding carboxylic acids is 1. The molecule has 2 rings (SSSR count). The van der Waals surface area contributed by atoms with Crippen molar-refractivity contribution in [3.8, 4) is 0 Å². The van der Waals surface area contributed by atoms with E-state index >= 15 is 0 Å². The van der Waals surface area contributed by atoms with Crippen molar-refractivity contribution in [1.29, 1.82) is 0 Å². The average molecular weight is 356 g/mol. The van der Waals surface area contributed by atoms with Gasteiger partial charge in [-0.25, -0.2) is 0 Å². The zero-order valence-electron chi connectivity index (χ0n) is 17.0. The van der Waals surface area contributed by atoms with Gasteiger partial charge in [0.15, 0.2) is 0 Å². The predicted octanol–water partition coefficient (Wildman–Crippen LogP) is 6.27. The van der Waals surface area contributed by atoms with Crippen LogP contribution < -0.4 is 5.32 Å². The van der Waals surface area contributed by atoms with Gasteiger partial charge in [0.05, 0.1) is 0 Å². The minimum absolute atomic E-state index is 0. The first kappa shape index (κ1) is 23.9. The largest absolute Gasteiger partial charge is 0.355 e. The van der Waals surface area contributed by atoms with Crippen molar-refractivity contribution in [1.82, 2.24) is 5.32 Å². The van der Waals surface area contributed by atoms with E-state index in [4.69, 9.17) is 0 Å². The molecule has 2 nitrogen and oxygen atoms in total. The van der Waals surface area contributed by atoms with E-state index in [1.807, 2.05) is 24.3 Å². The molecule has 2 aromatic carbocycles. The van der Waals surface area contributed by atoms with Crippen LogP contribution in [0.1, 0.15) is 76.0 Å². The van der Waals surface area contributed by atoms with Crippen LogP contribution in [0.15, 0.2) is 48.5 Å². The van der Waals surface area contributed by atoms with E-state index in [0.717, 1.165) is 0 Å². The van der Waals surface area contributed by atoms with Gasteiger partial charge in [-0.1, -0.05) is 90.9 Å². The van der Waals surface area contributed by atoms with Crippen molar-refractivity contribution in [2.75, 3.05) is 7.05 Å². The SMILES string of the molecule is C.CNC(=O)c1ccc(C(C)(C)C)cc1.Cc1ccc(C(C)(C)C)cc1. The molecule has 0 aliphatic heterocycles. The van der Waals surface area contributed by atoms with Gasteiger partial charge in [0, 0.05) is 12.6 Å². The van der Waals surface area contributed by atoms with Crippen LogP contribution in [0.5, 0.6) is 0 Å². The van der Waals surface area contributed by atoms with Gasteiger partial charge in [-0.3, -0.25) is 4.79 Å². The number of benzene rings is 2. The zero-order valence-corrected chi connectivity index (χ0v) is 17.0. The zero-order chi connectivity index (χ0) is 19.3. The van der Waals surface area contributed by atoms with Gasteiger partial charge in [0.2, 0.25) is 0 Å². The molecule has 0 fully saturated rings. The van der Waals surface area contributed by atoms with Crippen LogP contribution in [-0.2, 0) is 10.8 Å². The Morgan fingerprint density at radius 2 is 1.08 bits per heavy atom. The average Bonchev–Trinajstić information content (AvgIpc) is 2.53. The summed E-state index contributed by atoms with van der Waals surface area (Å²) in [4.78, 5) is 11.3. The summed E-state index contributed by atoms with van der Waals surface area (Å²) in [6.07, 6.45) is 0. The molecular weight excluding hydrogens is 318 g/mol. The Balaban J connectivity index is 0.000000475. The van der Waals surface area contributed by atoms with Crippen molar-refractivity contribution in [3.63, 3.8) is 0 Å². The maximum absolute atomic E-state index is 11.3. The minimum Gasteiger partial charge on any atom is -0.355 e. The predicted molar refractivity (Wildman–Crippen MR) is 115 cm³/mol. The summed E-state index contributed by atoms with van der Waals surface area (Å²) in [6, 6.07) is 16.5. The second-order valence-corrected chi connectivity index (χ2v) is 8.52. The normalized spacial score (nSPS) is 10.9. The molecule has 144 valence electrons. The highest BCUT2D eigenvalue weighted by Gasteiger charge is 2.13. The van der Waals surface area contributed by atoms with Gasteiger partial charge in [0.25, 0.3) is 5.91 Å². The first-order chi connectivity index (χ1) is 11.4. The highest BCUT2D eigenvalue weighted by molar-refractivity contribution is 5.93. The summed E-state index contributed by atoms with van der Waals surface area (Å²) in [5, 5.41) is 2.60. The molecule has 1 amide bonds. The molecule has 0 spiro atoms. The second-order valence-electron chi connectivity index (χ2n) is 8.52. The van der Waals surface area contributed by atoms with Crippen LogP contribution in [0.2, 0.25) is 0 Å². The minimum atomic E-state index is -0.0366. The van der Waals surface area contributed by atoms with Crippen LogP contribution in [0.3, 0.4) is 0 Å². The number of amides is 1. The van der Waals surface area contributed by atoms with E-state index in [1.54, 1.807) is 7.05 Å². The molecule has 0 unspecified atom stereocenters. The summed E-state index contributed by atoms with van der Waals surface area (Å²) < 4.78 is 0. The lowest BCUT2D eigenvalue weighted by Gasteiger charge is -2.18. The number of nitrogens with one attached hydrogen (secondary N) is 1. The summed E-state index contributed by atoms with van der Waals surface area (Å²) in [5.74, 6) is -0.0366. The molecule has 26 heavy (non-hydrogen) atoms. The summed E-state index contributed by atoms with van der Waals surface area (Å²) in [6.45, 7) is 15.3. The van der Waals surface area contributed by atoms with Gasteiger partial charge in [-0.2, -0.15) is 0 Å². The quantitative estimate of drug-likeness (QED) is 0.641. The van der Waals surface area contributed by atoms with Crippen molar-refractivity contribution in [3.05, 3.63) is 70.8 Å². The van der Waals surface area contributed by atoms with Gasteiger partial charge >= 0.3 is 0 Å². The maximum Gasteiger partial charge on any atom is 0.251 e. The number of carbonyl (C=O) groups is 1. The first-order valence-electron chi connectivity index (χ1n) is 8.85. The standard InChI is InChI=1S/C12H17NO.C11H16.CH4/c1-12(2,3)10-7-5-9(6-8-10)11(14)13-4;1-9-5-7-10(8-6-9)11(2,3)4;/h5-8H,1-4H3,(H,13,14);5-8H,1-4H3;1H4. The molecule has 0 heterocycles. The molecular formula is C24H37NO. The molecule has 1 N–H and O–H groups in total. The lowest BCUT2D eigenvalue weighted by Crippen LogP contribution is -2.18. The van der Waals surface area contributed by atoms with E-state index in [-0.39, 0.29) is 24.2 Å². The molecule has 0 aliphatic rings. The van der Waals surface area contributed by atoms with Crippen molar-refractivity contribution < 1.29 is 4.79 Å². The third-order valence-electron chi connectivity index (χ3n) is 4.16. The van der Waals surface area contributed by atoms with Crippen LogP contribution >= 0.6 is 0 Å². The van der Waals surface area contributed by atoms with Crippen LogP contribution in [0, 0.1) is 6.92 Å². The summed E-state index contributed by atoms with van der Waals surface area (Å²) in [5.41, 5.74) is 5.11. The lowest BCUT2D eigenvalue weighted by molar-refractivity contribution is 0.0963. The summed E-state index contributed by atoms with van der Waals surface area (Å²) in [7, 11) is 1.64. The molecule has 0 radical (unpaired) electrons. The fourth-order valence-electron chi connectivity index (χ4n) is 2.32. The molecule has 0 aromatic heterocycles. The number of hydrogen-bond acceptors (Lipinski definition) is 1. The smallest absolute Gasteiger partial charge is 0.251 e. The molecule has 0 saturated carbocycles. The van der Waals surface area contributed by atoms with E-state index in [1.165, 1.54) is 16.7 Å². The summed E-state index contributed by atoms with van der Waals surface area (Å²) >= 11 is 0. The first-order valence-corrected chi connectivity index (χ1v) is 8.85. The monoisotopic (exact) mass is 355 g/mol. The number of rotatable bonds is 1. The third kappa shape index (κ3) is 7.43. The molecule has 2 heteroatoms. The van der Waals surface area contributed by atoms with E-state index in [2.05, 4.69) is 78.0 Å². The fourth-order valence-corrected chi connectivity index (χ4v) is 2.32. The molecule has 0 aliphatic carbocycles. The Bertz CT molecular complexity index is 668. The second kappa shape index (κ2) is 9.56. The van der Waals surface area contributed by atoms with Gasteiger partial charge in [-0.15, -0.1) is 0 Å². The Kier molecular flexibility index (Phi) is 8.80. The van der Waals surface area contributed by atoms with Gasteiger partial charge < -0.3 is 5.32 Å². The molecule has 0 bridgehead atoms. The Morgan fingerprint density at radius 1 is 0.731 bits per heavy atom. The van der Waals surface area contributed by atoms with Gasteiger partial charge in [0.1, 0.15) is 0 Å². The third-order valence-corrected chi connectivity index (χ3v) is 4.16. The van der Waals surface area contributed by atoms with Gasteiger partial charge in [-0.05, 0) is 41.0 Å². The van der Waals surface area contributed by atoms with Crippen molar-refractivity contribution in [2.24, 2.45) is 0 Å². The highest BCUT2D eigenvalue weighted by Crippen LogP contribution is 2.22. The van der Waals surface area contributed by atoms with Crippen molar-refractivity contribution >= 4 is 5.91 Å². The lowest BCUT2D eigenvalue weighted by atomic mass is 9.87. The van der Waals surface area contributed by atoms with E-state index in [0.29, 0.717) is 5.56 Å². The molecule has 0 atom stereocenters. The molecule has 2 aromatic rings. The topological polar surface area (TPSA) is 29.1 Å². The number of aryl methyl sites for hydroxylation is 1. The maximum atomic E-state index is 11.3. The van der Waals surface area contributed by atoms with Crippen LogP contribution in [0.25, 0.3) is 0 Å². The Morgan fingerprint density at radius 3 is 1.38 bits per heavy atom. The number of hydrogen-bond donors (Lipinski definition) is 1. The van der Waals surface area contributed by atoms with Crippen LogP contribution in [-0.4, -0.2) is 13.0 Å². The Labute approximate surface area is 161 Å². The molecule has 0 saturated heterocycles. The van der Waals surface area contributed by atoms with Crippen molar-refractivity contribution in [2.45, 2.75) is 66.7 Å². The fraction of sp³-hybridized carbons (Fsp3) is 0.458. The highest BCUT2D eigenvalue weighted by atomic mass is 16.1. The van der Waals surface area contributed by atoms with E-state index < -0.39 is 0 Å². The van der Waals surface area contributed by atoms with E-state index in [9.17, 15) is 4.79 Å². The Hall–Kier alpha value is -2.09.